The van der Waals surface area contributed by atoms with Crippen molar-refractivity contribution in [2.24, 2.45) is 0 Å². The van der Waals surface area contributed by atoms with Gasteiger partial charge in [-0.2, -0.15) is 0 Å². The van der Waals surface area contributed by atoms with Crippen molar-refractivity contribution in [2.75, 3.05) is 38.0 Å². The van der Waals surface area contributed by atoms with E-state index in [9.17, 15) is 9.59 Å². The highest BCUT2D eigenvalue weighted by atomic mass is 35.5. The maximum atomic E-state index is 12.3. The quantitative estimate of drug-likeness (QED) is 0.909. The van der Waals surface area contributed by atoms with E-state index in [1.165, 1.54) is 6.26 Å². The molecule has 6 nitrogen and oxygen atoms in total. The highest BCUT2D eigenvalue weighted by Crippen LogP contribution is 2.20. The summed E-state index contributed by atoms with van der Waals surface area (Å²) in [7, 11) is 0. The summed E-state index contributed by atoms with van der Waals surface area (Å²) in [5.74, 6) is 0.155. The molecule has 2 aromatic rings. The topological polar surface area (TPSA) is 65.8 Å². The van der Waals surface area contributed by atoms with Crippen LogP contribution >= 0.6 is 11.6 Å². The lowest BCUT2D eigenvalue weighted by Crippen LogP contribution is -2.50. The first kappa shape index (κ1) is 17.5. The third-order valence-corrected chi connectivity index (χ3v) is 4.47. The maximum Gasteiger partial charge on any atom is 0.289 e. The molecule has 1 aromatic carbocycles. The number of carbonyl (C=O) groups excluding carboxylic acids is 2. The number of nitrogens with one attached hydrogen (secondary N) is 1. The van der Waals surface area contributed by atoms with Crippen molar-refractivity contribution in [3.63, 3.8) is 0 Å². The van der Waals surface area contributed by atoms with Crippen molar-refractivity contribution in [1.82, 2.24) is 9.80 Å². The molecule has 1 fully saturated rings. The minimum atomic E-state index is -0.108. The zero-order valence-electron chi connectivity index (χ0n) is 14.0. The van der Waals surface area contributed by atoms with Gasteiger partial charge in [-0.25, -0.2) is 0 Å². The molecule has 3 rings (SSSR count). The summed E-state index contributed by atoms with van der Waals surface area (Å²) >= 11 is 5.97. The largest absolute Gasteiger partial charge is 0.459 e. The minimum absolute atomic E-state index is 0.0869. The van der Waals surface area contributed by atoms with Crippen LogP contribution in [0, 0.1) is 6.92 Å². The van der Waals surface area contributed by atoms with Gasteiger partial charge in [0.2, 0.25) is 5.91 Å². The van der Waals surface area contributed by atoms with E-state index in [4.69, 9.17) is 16.0 Å². The third kappa shape index (κ3) is 4.41. The molecule has 0 atom stereocenters. The number of hydrogen-bond donors (Lipinski definition) is 1. The Balaban J connectivity index is 1.49. The van der Waals surface area contributed by atoms with Crippen LogP contribution in [0.2, 0.25) is 5.02 Å². The summed E-state index contributed by atoms with van der Waals surface area (Å²) in [6.07, 6.45) is 1.49. The van der Waals surface area contributed by atoms with Crippen LogP contribution in [0.5, 0.6) is 0 Å². The molecule has 25 heavy (non-hydrogen) atoms. The average Bonchev–Trinajstić information content (AvgIpc) is 3.13. The van der Waals surface area contributed by atoms with Crippen molar-refractivity contribution >= 4 is 29.1 Å². The van der Waals surface area contributed by atoms with Gasteiger partial charge >= 0.3 is 0 Å². The summed E-state index contributed by atoms with van der Waals surface area (Å²) in [6, 6.07) is 8.77. The van der Waals surface area contributed by atoms with Crippen LogP contribution in [0.3, 0.4) is 0 Å². The third-order valence-electron chi connectivity index (χ3n) is 4.23. The molecule has 7 heteroatoms. The van der Waals surface area contributed by atoms with Crippen LogP contribution in [0.25, 0.3) is 0 Å². The summed E-state index contributed by atoms with van der Waals surface area (Å²) in [6.45, 7) is 4.65. The standard InChI is InChI=1S/C18H20ClN3O3/c1-13-4-5-14(19)11-15(13)20-17(23)12-21-6-8-22(9-7-21)18(24)16-3-2-10-25-16/h2-5,10-11H,6-9,12H2,1H3,(H,20,23). The van der Waals surface area contributed by atoms with Crippen LogP contribution in [-0.2, 0) is 4.79 Å². The van der Waals surface area contributed by atoms with Gasteiger partial charge in [0.25, 0.3) is 5.91 Å². The average molecular weight is 362 g/mol. The van der Waals surface area contributed by atoms with Gasteiger partial charge in [-0.15, -0.1) is 0 Å². The predicted molar refractivity (Wildman–Crippen MR) is 95.9 cm³/mol. The van der Waals surface area contributed by atoms with Crippen LogP contribution in [0.1, 0.15) is 16.1 Å². The van der Waals surface area contributed by atoms with Crippen molar-refractivity contribution < 1.29 is 14.0 Å². The summed E-state index contributed by atoms with van der Waals surface area (Å²) in [4.78, 5) is 28.3. The second-order valence-corrected chi connectivity index (χ2v) is 6.49. The van der Waals surface area contributed by atoms with Gasteiger partial charge in [-0.3, -0.25) is 14.5 Å². The fourth-order valence-electron chi connectivity index (χ4n) is 2.79. The van der Waals surface area contributed by atoms with Gasteiger partial charge in [0.15, 0.2) is 5.76 Å². The van der Waals surface area contributed by atoms with Crippen molar-refractivity contribution in [2.45, 2.75) is 6.92 Å². The van der Waals surface area contributed by atoms with Gasteiger partial charge in [0.05, 0.1) is 12.8 Å². The summed E-state index contributed by atoms with van der Waals surface area (Å²) < 4.78 is 5.15. The number of carbonyl (C=O) groups is 2. The molecule has 0 aliphatic carbocycles. The highest BCUT2D eigenvalue weighted by Gasteiger charge is 2.24. The van der Waals surface area contributed by atoms with E-state index in [2.05, 4.69) is 5.32 Å². The molecule has 2 amide bonds. The summed E-state index contributed by atoms with van der Waals surface area (Å²) in [5.41, 5.74) is 1.69. The first-order chi connectivity index (χ1) is 12.0. The number of piperazine rings is 1. The number of aryl methyl sites for hydroxylation is 1. The Labute approximate surface area is 151 Å². The van der Waals surface area contributed by atoms with Crippen LogP contribution in [-0.4, -0.2) is 54.3 Å². The molecule has 0 unspecified atom stereocenters. The number of nitrogens with zero attached hydrogens (tertiary/aromatic N) is 2. The number of furan rings is 1. The molecular formula is C18H20ClN3O3. The Morgan fingerprint density at radius 3 is 2.64 bits per heavy atom. The molecule has 2 heterocycles. The number of amides is 2. The molecule has 132 valence electrons. The van der Waals surface area contributed by atoms with Crippen molar-refractivity contribution in [3.05, 3.63) is 52.9 Å². The van der Waals surface area contributed by atoms with E-state index in [1.54, 1.807) is 29.2 Å². The van der Waals surface area contributed by atoms with E-state index in [0.717, 1.165) is 11.3 Å². The molecule has 0 spiro atoms. The van der Waals surface area contributed by atoms with Gasteiger partial charge in [0, 0.05) is 36.9 Å². The van der Waals surface area contributed by atoms with E-state index in [-0.39, 0.29) is 18.4 Å². The predicted octanol–water partition coefficient (Wildman–Crippen LogP) is 2.64. The van der Waals surface area contributed by atoms with Gasteiger partial charge in [0.1, 0.15) is 0 Å². The lowest BCUT2D eigenvalue weighted by molar-refractivity contribution is -0.117. The lowest BCUT2D eigenvalue weighted by Gasteiger charge is -2.33. The Kier molecular flexibility index (Phi) is 5.40. The molecule has 1 aliphatic rings. The number of rotatable bonds is 4. The second-order valence-electron chi connectivity index (χ2n) is 6.05. The van der Waals surface area contributed by atoms with Crippen LogP contribution < -0.4 is 5.32 Å². The van der Waals surface area contributed by atoms with Gasteiger partial charge in [-0.05, 0) is 36.8 Å². The number of hydrogen-bond acceptors (Lipinski definition) is 4. The van der Waals surface area contributed by atoms with E-state index >= 15 is 0 Å². The Bertz CT molecular complexity index is 753. The second kappa shape index (κ2) is 7.72. The van der Waals surface area contributed by atoms with E-state index in [1.807, 2.05) is 17.9 Å². The molecule has 0 saturated carbocycles. The number of benzene rings is 1. The molecule has 1 aromatic heterocycles. The zero-order chi connectivity index (χ0) is 17.8. The van der Waals surface area contributed by atoms with Crippen molar-refractivity contribution in [3.8, 4) is 0 Å². The first-order valence-electron chi connectivity index (χ1n) is 8.14. The Morgan fingerprint density at radius 2 is 1.96 bits per heavy atom. The van der Waals surface area contributed by atoms with E-state index < -0.39 is 0 Å². The van der Waals surface area contributed by atoms with Crippen molar-refractivity contribution in [1.29, 1.82) is 0 Å². The fraction of sp³-hybridized carbons (Fsp3) is 0.333. The highest BCUT2D eigenvalue weighted by molar-refractivity contribution is 6.31. The Morgan fingerprint density at radius 1 is 1.20 bits per heavy atom. The van der Waals surface area contributed by atoms with Crippen LogP contribution in [0.4, 0.5) is 5.69 Å². The van der Waals surface area contributed by atoms with Gasteiger partial charge < -0.3 is 14.6 Å². The summed E-state index contributed by atoms with van der Waals surface area (Å²) in [5, 5.41) is 3.48. The minimum Gasteiger partial charge on any atom is -0.459 e. The van der Waals surface area contributed by atoms with Gasteiger partial charge in [-0.1, -0.05) is 17.7 Å². The molecule has 0 radical (unpaired) electrons. The monoisotopic (exact) mass is 361 g/mol. The Hall–Kier alpha value is -2.31. The fourth-order valence-corrected chi connectivity index (χ4v) is 2.96. The zero-order valence-corrected chi connectivity index (χ0v) is 14.8. The molecule has 0 bridgehead atoms. The smallest absolute Gasteiger partial charge is 0.289 e. The first-order valence-corrected chi connectivity index (χ1v) is 8.52. The van der Waals surface area contributed by atoms with Crippen LogP contribution in [0.15, 0.2) is 41.0 Å². The maximum absolute atomic E-state index is 12.3. The molecule has 1 aliphatic heterocycles. The normalized spacial score (nSPS) is 15.2. The SMILES string of the molecule is Cc1ccc(Cl)cc1NC(=O)CN1CCN(C(=O)c2ccco2)CC1. The molecular weight excluding hydrogens is 342 g/mol. The number of halogens is 1. The molecule has 1 saturated heterocycles. The van der Waals surface area contributed by atoms with E-state index in [0.29, 0.717) is 37.0 Å². The molecule has 1 N–H and O–H groups in total. The lowest BCUT2D eigenvalue weighted by atomic mass is 10.2. The number of anilines is 1.